The summed E-state index contributed by atoms with van der Waals surface area (Å²) in [6.45, 7) is 2.57. The van der Waals surface area contributed by atoms with Crippen LogP contribution in [0.15, 0.2) is 39.7 Å². The van der Waals surface area contributed by atoms with Crippen molar-refractivity contribution in [2.75, 3.05) is 6.61 Å². The Bertz CT molecular complexity index is 840. The smallest absolute Gasteiger partial charge is 0.271 e. The molecule has 3 aromatic rings. The maximum Gasteiger partial charge on any atom is 0.271 e. The molecule has 0 aliphatic rings. The number of hydrogen-bond donors (Lipinski definition) is 0. The Kier molecular flexibility index (Phi) is 4.44. The quantitative estimate of drug-likeness (QED) is 0.530. The largest absolute Gasteiger partial charge is 0.492 e. The van der Waals surface area contributed by atoms with Gasteiger partial charge in [0.2, 0.25) is 0 Å². The number of pyridine rings is 1. The normalized spacial score (nSPS) is 11.0. The molecule has 0 fully saturated rings. The van der Waals surface area contributed by atoms with Gasteiger partial charge in [0.25, 0.3) is 5.56 Å². The van der Waals surface area contributed by atoms with E-state index in [1.807, 2.05) is 30.5 Å². The second kappa shape index (κ2) is 6.50. The molecular formula is C15H15N3O2S2. The van der Waals surface area contributed by atoms with Gasteiger partial charge in [-0.3, -0.25) is 14.3 Å². The van der Waals surface area contributed by atoms with Crippen LogP contribution in [0.2, 0.25) is 0 Å². The van der Waals surface area contributed by atoms with E-state index in [2.05, 4.69) is 9.97 Å². The first-order valence-corrected chi connectivity index (χ1v) is 8.70. The molecule has 0 saturated heterocycles. The van der Waals surface area contributed by atoms with E-state index in [0.717, 1.165) is 17.0 Å². The first-order valence-electron chi connectivity index (χ1n) is 6.84. The highest BCUT2D eigenvalue weighted by atomic mass is 32.2. The molecule has 0 saturated carbocycles. The van der Waals surface area contributed by atoms with Gasteiger partial charge in [0.05, 0.1) is 24.0 Å². The Morgan fingerprint density at radius 1 is 1.36 bits per heavy atom. The molecule has 0 N–H and O–H groups in total. The van der Waals surface area contributed by atoms with Gasteiger partial charge in [0.1, 0.15) is 10.4 Å². The van der Waals surface area contributed by atoms with Crippen LogP contribution in [0.4, 0.5) is 0 Å². The summed E-state index contributed by atoms with van der Waals surface area (Å²) in [4.78, 5) is 21.1. The van der Waals surface area contributed by atoms with Crippen LogP contribution in [0, 0.1) is 0 Å². The van der Waals surface area contributed by atoms with Crippen LogP contribution in [-0.2, 0) is 12.8 Å². The molecular weight excluding hydrogens is 318 g/mol. The lowest BCUT2D eigenvalue weighted by Crippen LogP contribution is -2.18. The highest BCUT2D eigenvalue weighted by molar-refractivity contribution is 7.98. The molecule has 0 atom stereocenters. The summed E-state index contributed by atoms with van der Waals surface area (Å²) >= 11 is 2.93. The Hall–Kier alpha value is -1.86. The van der Waals surface area contributed by atoms with Crippen LogP contribution in [0.25, 0.3) is 10.2 Å². The van der Waals surface area contributed by atoms with Crippen molar-refractivity contribution in [1.29, 1.82) is 0 Å². The van der Waals surface area contributed by atoms with Crippen molar-refractivity contribution in [3.8, 4) is 5.75 Å². The summed E-state index contributed by atoms with van der Waals surface area (Å²) in [5, 5.41) is 2.59. The van der Waals surface area contributed by atoms with Crippen LogP contribution in [-0.4, -0.2) is 21.1 Å². The zero-order chi connectivity index (χ0) is 15.5. The minimum atomic E-state index is 0.00199. The second-order valence-corrected chi connectivity index (χ2v) is 6.46. The predicted octanol–water partition coefficient (Wildman–Crippen LogP) is 3.08. The molecule has 0 aliphatic heterocycles. The fourth-order valence-corrected chi connectivity index (χ4v) is 3.68. The van der Waals surface area contributed by atoms with E-state index in [1.54, 1.807) is 17.8 Å². The number of ether oxygens (including phenoxy) is 1. The van der Waals surface area contributed by atoms with Crippen LogP contribution >= 0.6 is 23.1 Å². The van der Waals surface area contributed by atoms with Crippen molar-refractivity contribution in [3.05, 3.63) is 45.8 Å². The number of hydrogen-bond acceptors (Lipinski definition) is 6. The maximum absolute atomic E-state index is 12.2. The number of nitrogens with zero attached hydrogens (tertiary/aromatic N) is 3. The Balaban J connectivity index is 1.78. The molecule has 22 heavy (non-hydrogen) atoms. The lowest BCUT2D eigenvalue weighted by atomic mass is 10.4. The molecule has 0 spiro atoms. The number of fused-ring (bicyclic) bond motifs is 1. The number of aromatic nitrogens is 3. The summed E-state index contributed by atoms with van der Waals surface area (Å²) in [5.41, 5.74) is 1.69. The van der Waals surface area contributed by atoms with Gasteiger partial charge < -0.3 is 4.74 Å². The van der Waals surface area contributed by atoms with E-state index >= 15 is 0 Å². The van der Waals surface area contributed by atoms with E-state index in [-0.39, 0.29) is 5.56 Å². The number of rotatable bonds is 5. The minimum Gasteiger partial charge on any atom is -0.492 e. The third-order valence-corrected chi connectivity index (χ3v) is 5.06. The molecule has 0 amide bonds. The van der Waals surface area contributed by atoms with Crippen LogP contribution in [0.3, 0.4) is 0 Å². The molecule has 0 unspecified atom stereocenters. The van der Waals surface area contributed by atoms with Gasteiger partial charge in [0.15, 0.2) is 5.16 Å². The fraction of sp³-hybridized carbons (Fsp3) is 0.267. The van der Waals surface area contributed by atoms with Crippen LogP contribution in [0.5, 0.6) is 5.75 Å². The lowest BCUT2D eigenvalue weighted by Gasteiger charge is -2.07. The third-order valence-electron chi connectivity index (χ3n) is 3.10. The van der Waals surface area contributed by atoms with Gasteiger partial charge in [0, 0.05) is 12.8 Å². The average molecular weight is 333 g/mol. The van der Waals surface area contributed by atoms with Crippen molar-refractivity contribution in [3.63, 3.8) is 0 Å². The summed E-state index contributed by atoms with van der Waals surface area (Å²) < 4.78 is 7.67. The number of thioether (sulfide) groups is 1. The zero-order valence-electron chi connectivity index (χ0n) is 12.3. The topological polar surface area (TPSA) is 57.0 Å². The van der Waals surface area contributed by atoms with Gasteiger partial charge in [-0.2, -0.15) is 0 Å². The van der Waals surface area contributed by atoms with E-state index in [0.29, 0.717) is 22.2 Å². The van der Waals surface area contributed by atoms with Crippen molar-refractivity contribution in [2.45, 2.75) is 17.8 Å². The minimum absolute atomic E-state index is 0.00199. The van der Waals surface area contributed by atoms with Crippen LogP contribution in [0.1, 0.15) is 12.6 Å². The maximum atomic E-state index is 12.2. The van der Waals surface area contributed by atoms with E-state index in [4.69, 9.17) is 4.74 Å². The Morgan fingerprint density at radius 3 is 2.95 bits per heavy atom. The SMILES string of the molecule is CCOc1ccc(CSc2nc3ccsc3c(=O)n2C)nc1. The summed E-state index contributed by atoms with van der Waals surface area (Å²) in [6.07, 6.45) is 1.72. The van der Waals surface area contributed by atoms with E-state index < -0.39 is 0 Å². The third kappa shape index (κ3) is 3.00. The molecule has 0 bridgehead atoms. The molecule has 0 aromatic carbocycles. The van der Waals surface area contributed by atoms with Crippen molar-refractivity contribution in [2.24, 2.45) is 7.05 Å². The second-order valence-electron chi connectivity index (χ2n) is 4.60. The summed E-state index contributed by atoms with van der Waals surface area (Å²) in [7, 11) is 1.75. The lowest BCUT2D eigenvalue weighted by molar-refractivity contribution is 0.338. The first kappa shape index (κ1) is 15.1. The van der Waals surface area contributed by atoms with E-state index in [1.165, 1.54) is 23.1 Å². The predicted molar refractivity (Wildman–Crippen MR) is 89.8 cm³/mol. The summed E-state index contributed by atoms with van der Waals surface area (Å²) in [5.74, 6) is 1.42. The van der Waals surface area contributed by atoms with Crippen molar-refractivity contribution >= 4 is 33.3 Å². The first-order chi connectivity index (χ1) is 10.7. The van der Waals surface area contributed by atoms with Crippen molar-refractivity contribution in [1.82, 2.24) is 14.5 Å². The summed E-state index contributed by atoms with van der Waals surface area (Å²) in [6, 6.07) is 5.71. The standard InChI is InChI=1S/C15H15N3O2S2/c1-3-20-11-5-4-10(16-8-11)9-22-15-17-12-6-7-21-13(12)14(19)18(15)2/h4-8H,3,9H2,1-2H3. The van der Waals surface area contributed by atoms with Crippen molar-refractivity contribution < 1.29 is 4.74 Å². The van der Waals surface area contributed by atoms with Gasteiger partial charge >= 0.3 is 0 Å². The molecule has 0 radical (unpaired) electrons. The fourth-order valence-electron chi connectivity index (χ4n) is 1.98. The molecule has 3 rings (SSSR count). The molecule has 7 heteroatoms. The molecule has 3 aromatic heterocycles. The van der Waals surface area contributed by atoms with Gasteiger partial charge in [-0.05, 0) is 30.5 Å². The van der Waals surface area contributed by atoms with Gasteiger partial charge in [-0.1, -0.05) is 11.8 Å². The van der Waals surface area contributed by atoms with E-state index in [9.17, 15) is 4.79 Å². The van der Waals surface area contributed by atoms with Gasteiger partial charge in [-0.25, -0.2) is 4.98 Å². The Morgan fingerprint density at radius 2 is 2.23 bits per heavy atom. The molecule has 3 heterocycles. The Labute approximate surface area is 136 Å². The highest BCUT2D eigenvalue weighted by Gasteiger charge is 2.10. The average Bonchev–Trinajstić information content (AvgIpc) is 3.00. The van der Waals surface area contributed by atoms with Crippen LogP contribution < -0.4 is 10.3 Å². The highest BCUT2D eigenvalue weighted by Crippen LogP contribution is 2.23. The molecule has 0 aliphatic carbocycles. The molecule has 114 valence electrons. The number of thiophene rings is 1. The zero-order valence-corrected chi connectivity index (χ0v) is 13.9. The molecule has 5 nitrogen and oxygen atoms in total. The monoisotopic (exact) mass is 333 g/mol. The van der Waals surface area contributed by atoms with Gasteiger partial charge in [-0.15, -0.1) is 11.3 Å².